The minimum atomic E-state index is 0.437. The molecular formula is C13H9Cl2N5. The average molecular weight is 306 g/mol. The molecule has 100 valence electrons. The Bertz CT molecular complexity index is 769. The molecule has 5 nitrogen and oxygen atoms in total. The molecule has 1 aromatic heterocycles. The fourth-order valence-electron chi connectivity index (χ4n) is 1.85. The first kappa shape index (κ1) is 12.9. The molecule has 20 heavy (non-hydrogen) atoms. The molecule has 3 rings (SSSR count). The van der Waals surface area contributed by atoms with Gasteiger partial charge in [-0.05, 0) is 40.8 Å². The van der Waals surface area contributed by atoms with Crippen molar-refractivity contribution >= 4 is 28.9 Å². The second kappa shape index (κ2) is 5.11. The van der Waals surface area contributed by atoms with Crippen molar-refractivity contribution in [2.24, 2.45) is 0 Å². The summed E-state index contributed by atoms with van der Waals surface area (Å²) in [6, 6.07) is 12.6. The Balaban J connectivity index is 2.15. The Labute approximate surface area is 124 Å². The molecule has 0 amide bonds. The normalized spacial score (nSPS) is 10.7. The number of halogens is 2. The molecule has 0 saturated heterocycles. The fraction of sp³-hybridized carbons (Fsp3) is 0. The zero-order chi connectivity index (χ0) is 14.1. The van der Waals surface area contributed by atoms with Gasteiger partial charge in [-0.1, -0.05) is 35.3 Å². The first-order valence-electron chi connectivity index (χ1n) is 5.75. The van der Waals surface area contributed by atoms with Crippen molar-refractivity contribution in [2.45, 2.75) is 0 Å². The van der Waals surface area contributed by atoms with Gasteiger partial charge in [-0.15, -0.1) is 5.10 Å². The van der Waals surface area contributed by atoms with E-state index in [0.717, 1.165) is 5.56 Å². The van der Waals surface area contributed by atoms with Crippen LogP contribution in [0.5, 0.6) is 0 Å². The van der Waals surface area contributed by atoms with Crippen LogP contribution in [0.4, 0.5) is 5.69 Å². The lowest BCUT2D eigenvalue weighted by Crippen LogP contribution is -2.01. The molecule has 2 N–H and O–H groups in total. The van der Waals surface area contributed by atoms with E-state index in [4.69, 9.17) is 28.9 Å². The summed E-state index contributed by atoms with van der Waals surface area (Å²) in [7, 11) is 0. The maximum absolute atomic E-state index is 6.02. The van der Waals surface area contributed by atoms with E-state index >= 15 is 0 Å². The van der Waals surface area contributed by atoms with Crippen molar-refractivity contribution in [1.29, 1.82) is 0 Å². The number of tetrazole rings is 1. The van der Waals surface area contributed by atoms with Crippen LogP contribution in [-0.2, 0) is 0 Å². The number of nitrogen functional groups attached to an aromatic ring is 1. The monoisotopic (exact) mass is 305 g/mol. The highest BCUT2D eigenvalue weighted by Gasteiger charge is 2.13. The number of nitrogens with zero attached hydrogens (tertiary/aromatic N) is 4. The number of anilines is 1. The maximum atomic E-state index is 6.02. The molecule has 0 radical (unpaired) electrons. The van der Waals surface area contributed by atoms with Gasteiger partial charge in [0.2, 0.25) is 0 Å². The molecule has 0 aliphatic carbocycles. The van der Waals surface area contributed by atoms with Crippen LogP contribution in [0.3, 0.4) is 0 Å². The summed E-state index contributed by atoms with van der Waals surface area (Å²) < 4.78 is 1.56. The maximum Gasteiger partial charge on any atom is 0.189 e. The molecule has 0 fully saturated rings. The molecule has 0 atom stereocenters. The summed E-state index contributed by atoms with van der Waals surface area (Å²) in [6.07, 6.45) is 0. The molecule has 1 heterocycles. The summed E-state index contributed by atoms with van der Waals surface area (Å²) in [4.78, 5) is 0. The minimum absolute atomic E-state index is 0.437. The van der Waals surface area contributed by atoms with Gasteiger partial charge in [0, 0.05) is 11.3 Å². The van der Waals surface area contributed by atoms with Crippen molar-refractivity contribution in [1.82, 2.24) is 20.2 Å². The van der Waals surface area contributed by atoms with Crippen LogP contribution < -0.4 is 5.73 Å². The molecule has 0 bridgehead atoms. The van der Waals surface area contributed by atoms with Crippen molar-refractivity contribution in [2.75, 3.05) is 5.73 Å². The number of hydrogen-bond acceptors (Lipinski definition) is 4. The number of nitrogens with two attached hydrogens (primary N) is 1. The highest BCUT2D eigenvalue weighted by atomic mass is 35.5. The molecule has 3 aromatic rings. The summed E-state index contributed by atoms with van der Waals surface area (Å²) in [5.41, 5.74) is 8.02. The van der Waals surface area contributed by atoms with Gasteiger partial charge in [-0.25, -0.2) is 0 Å². The zero-order valence-corrected chi connectivity index (χ0v) is 11.7. The van der Waals surface area contributed by atoms with Gasteiger partial charge in [-0.2, -0.15) is 4.68 Å². The molecule has 2 aromatic carbocycles. The predicted octanol–water partition coefficient (Wildman–Crippen LogP) is 3.22. The highest BCUT2D eigenvalue weighted by molar-refractivity contribution is 6.42. The van der Waals surface area contributed by atoms with Crippen molar-refractivity contribution < 1.29 is 0 Å². The zero-order valence-electron chi connectivity index (χ0n) is 10.2. The van der Waals surface area contributed by atoms with Crippen molar-refractivity contribution in [3.8, 4) is 17.1 Å². The summed E-state index contributed by atoms with van der Waals surface area (Å²) in [5, 5.41) is 12.6. The van der Waals surface area contributed by atoms with E-state index in [2.05, 4.69) is 15.5 Å². The number of benzene rings is 2. The summed E-state index contributed by atoms with van der Waals surface area (Å²) in [5.74, 6) is 0.543. The van der Waals surface area contributed by atoms with Crippen LogP contribution in [0.1, 0.15) is 0 Å². The lowest BCUT2D eigenvalue weighted by atomic mass is 10.1. The molecule has 0 aliphatic rings. The Morgan fingerprint density at radius 2 is 1.80 bits per heavy atom. The predicted molar refractivity (Wildman–Crippen MR) is 79.0 cm³/mol. The molecule has 0 spiro atoms. The molecule has 0 saturated carbocycles. The quantitative estimate of drug-likeness (QED) is 0.738. The first-order valence-corrected chi connectivity index (χ1v) is 6.51. The fourth-order valence-corrected chi connectivity index (χ4v) is 2.14. The van der Waals surface area contributed by atoms with E-state index in [9.17, 15) is 0 Å². The van der Waals surface area contributed by atoms with Crippen LogP contribution >= 0.6 is 23.2 Å². The van der Waals surface area contributed by atoms with Gasteiger partial charge in [0.15, 0.2) is 5.82 Å². The summed E-state index contributed by atoms with van der Waals surface area (Å²) >= 11 is 11.9. The van der Waals surface area contributed by atoms with Gasteiger partial charge in [0.05, 0.1) is 15.7 Å². The van der Waals surface area contributed by atoms with E-state index in [1.807, 2.05) is 18.2 Å². The largest absolute Gasteiger partial charge is 0.398 e. The molecule has 7 heteroatoms. The SMILES string of the molecule is Nc1ccccc1-c1nnnn1-c1ccc(Cl)c(Cl)c1. The smallest absolute Gasteiger partial charge is 0.189 e. The van der Waals surface area contributed by atoms with E-state index in [0.29, 0.717) is 27.2 Å². The number of aromatic nitrogens is 4. The number of para-hydroxylation sites is 1. The van der Waals surface area contributed by atoms with Crippen LogP contribution in [0.15, 0.2) is 42.5 Å². The Hall–Kier alpha value is -2.11. The Kier molecular flexibility index (Phi) is 3.30. The van der Waals surface area contributed by atoms with Crippen molar-refractivity contribution in [3.05, 3.63) is 52.5 Å². The van der Waals surface area contributed by atoms with E-state index in [1.54, 1.807) is 28.9 Å². The van der Waals surface area contributed by atoms with Crippen LogP contribution in [0.2, 0.25) is 10.0 Å². The van der Waals surface area contributed by atoms with E-state index in [1.165, 1.54) is 0 Å². The van der Waals surface area contributed by atoms with Crippen molar-refractivity contribution in [3.63, 3.8) is 0 Å². The topological polar surface area (TPSA) is 69.6 Å². The third kappa shape index (κ3) is 2.21. The third-order valence-electron chi connectivity index (χ3n) is 2.82. The second-order valence-electron chi connectivity index (χ2n) is 4.10. The lowest BCUT2D eigenvalue weighted by molar-refractivity contribution is 0.791. The highest BCUT2D eigenvalue weighted by Crippen LogP contribution is 2.28. The van der Waals surface area contributed by atoms with Gasteiger partial charge in [0.25, 0.3) is 0 Å². The van der Waals surface area contributed by atoms with E-state index in [-0.39, 0.29) is 0 Å². The van der Waals surface area contributed by atoms with Crippen LogP contribution in [0.25, 0.3) is 17.1 Å². The van der Waals surface area contributed by atoms with Crippen LogP contribution in [0, 0.1) is 0 Å². The van der Waals surface area contributed by atoms with Gasteiger partial charge in [0.1, 0.15) is 0 Å². The van der Waals surface area contributed by atoms with Gasteiger partial charge >= 0.3 is 0 Å². The van der Waals surface area contributed by atoms with Gasteiger partial charge in [-0.3, -0.25) is 0 Å². The first-order chi connectivity index (χ1) is 9.66. The van der Waals surface area contributed by atoms with Crippen LogP contribution in [-0.4, -0.2) is 20.2 Å². The van der Waals surface area contributed by atoms with Gasteiger partial charge < -0.3 is 5.73 Å². The second-order valence-corrected chi connectivity index (χ2v) is 4.91. The minimum Gasteiger partial charge on any atom is -0.398 e. The Morgan fingerprint density at radius 3 is 2.55 bits per heavy atom. The molecule has 0 unspecified atom stereocenters. The standard InChI is InChI=1S/C13H9Cl2N5/c14-10-6-5-8(7-11(10)15)20-13(17-18-19-20)9-3-1-2-4-12(9)16/h1-7H,16H2. The summed E-state index contributed by atoms with van der Waals surface area (Å²) in [6.45, 7) is 0. The third-order valence-corrected chi connectivity index (χ3v) is 3.56. The number of rotatable bonds is 2. The molecule has 0 aliphatic heterocycles. The lowest BCUT2D eigenvalue weighted by Gasteiger charge is -2.07. The van der Waals surface area contributed by atoms with E-state index < -0.39 is 0 Å². The Morgan fingerprint density at radius 1 is 1.00 bits per heavy atom. The number of hydrogen-bond donors (Lipinski definition) is 1. The average Bonchev–Trinajstić information content (AvgIpc) is 2.91. The molecular weight excluding hydrogens is 297 g/mol.